The highest BCUT2D eigenvalue weighted by molar-refractivity contribution is 5.67. The molecule has 0 aromatic heterocycles. The number of ether oxygens (including phenoxy) is 2. The van der Waals surface area contributed by atoms with Crippen molar-refractivity contribution in [2.24, 2.45) is 0 Å². The Bertz CT molecular complexity index is 694. The van der Waals surface area contributed by atoms with Gasteiger partial charge in [0.05, 0.1) is 4.92 Å². The Hall–Kier alpha value is -3.15. The average molecular weight is 299 g/mol. The molecule has 0 amide bonds. The van der Waals surface area contributed by atoms with Crippen molar-refractivity contribution in [1.29, 1.82) is 0 Å². The van der Waals surface area contributed by atoms with Gasteiger partial charge in [0.1, 0.15) is 11.5 Å². The fourth-order valence-electron chi connectivity index (χ4n) is 1.77. The van der Waals surface area contributed by atoms with E-state index in [9.17, 15) is 14.9 Å². The molecule has 112 valence electrons. The fraction of sp³-hybridized carbons (Fsp3) is 0.0625. The summed E-state index contributed by atoms with van der Waals surface area (Å²) in [7, 11) is 0. The maximum atomic E-state index is 11.8. The third-order valence-electron chi connectivity index (χ3n) is 2.78. The molecule has 0 atom stereocenters. The van der Waals surface area contributed by atoms with Crippen LogP contribution in [0.2, 0.25) is 0 Å². The van der Waals surface area contributed by atoms with Gasteiger partial charge in [0.15, 0.2) is 0 Å². The minimum absolute atomic E-state index is 0.0861. The maximum absolute atomic E-state index is 11.8. The molecule has 6 nitrogen and oxygen atoms in total. The lowest BCUT2D eigenvalue weighted by molar-refractivity contribution is -0.384. The van der Waals surface area contributed by atoms with Gasteiger partial charge in [-0.3, -0.25) is 10.1 Å². The van der Waals surface area contributed by atoms with Crippen LogP contribution in [0.1, 0.15) is 5.56 Å². The molecule has 0 bridgehead atoms. The molecule has 0 saturated heterocycles. The van der Waals surface area contributed by atoms with Gasteiger partial charge in [-0.25, -0.2) is 4.79 Å². The van der Waals surface area contributed by atoms with Gasteiger partial charge in [-0.05, 0) is 30.2 Å². The second-order valence-corrected chi connectivity index (χ2v) is 4.31. The zero-order valence-electron chi connectivity index (χ0n) is 11.6. The number of nitrogens with zero attached hydrogens (tertiary/aromatic N) is 1. The van der Waals surface area contributed by atoms with Crippen molar-refractivity contribution in [1.82, 2.24) is 0 Å². The number of nitro benzene ring substituents is 1. The predicted octanol–water partition coefficient (Wildman–Crippen LogP) is 3.90. The largest absolute Gasteiger partial charge is 0.519 e. The molecule has 2 aromatic rings. The first-order chi connectivity index (χ1) is 10.6. The summed E-state index contributed by atoms with van der Waals surface area (Å²) in [6.45, 7) is 3.64. The standard InChI is InChI=1S/C16H13NO5/c1-2-5-12-6-3-4-7-15(12)22-16(18)21-14-10-8-13(9-11-14)17(19)20/h2-4,6-11H,1,5H2. The van der Waals surface area contributed by atoms with Crippen LogP contribution >= 0.6 is 0 Å². The number of benzene rings is 2. The van der Waals surface area contributed by atoms with E-state index >= 15 is 0 Å². The van der Waals surface area contributed by atoms with Gasteiger partial charge in [-0.15, -0.1) is 6.58 Å². The molecule has 22 heavy (non-hydrogen) atoms. The number of non-ortho nitro benzene ring substituents is 1. The van der Waals surface area contributed by atoms with E-state index in [2.05, 4.69) is 6.58 Å². The first-order valence-electron chi connectivity index (χ1n) is 6.43. The highest BCUT2D eigenvalue weighted by Gasteiger charge is 2.12. The zero-order chi connectivity index (χ0) is 15.9. The van der Waals surface area contributed by atoms with E-state index in [1.807, 2.05) is 12.1 Å². The molecule has 2 aromatic carbocycles. The van der Waals surface area contributed by atoms with E-state index in [-0.39, 0.29) is 11.4 Å². The van der Waals surface area contributed by atoms with E-state index < -0.39 is 11.1 Å². The molecule has 0 spiro atoms. The van der Waals surface area contributed by atoms with Gasteiger partial charge in [0, 0.05) is 12.1 Å². The number of hydrogen-bond acceptors (Lipinski definition) is 5. The van der Waals surface area contributed by atoms with Crippen LogP contribution in [0.15, 0.2) is 61.2 Å². The average Bonchev–Trinajstić information content (AvgIpc) is 2.50. The van der Waals surface area contributed by atoms with Crippen LogP contribution in [0.5, 0.6) is 11.5 Å². The van der Waals surface area contributed by atoms with Crippen molar-refractivity contribution in [2.45, 2.75) is 6.42 Å². The van der Waals surface area contributed by atoms with Gasteiger partial charge in [-0.1, -0.05) is 24.3 Å². The van der Waals surface area contributed by atoms with E-state index in [1.165, 1.54) is 24.3 Å². The van der Waals surface area contributed by atoms with Crippen LogP contribution < -0.4 is 9.47 Å². The normalized spacial score (nSPS) is 9.82. The van der Waals surface area contributed by atoms with Crippen LogP contribution in [0.4, 0.5) is 10.5 Å². The summed E-state index contributed by atoms with van der Waals surface area (Å²) in [5.74, 6) is 0.547. The highest BCUT2D eigenvalue weighted by atomic mass is 16.7. The third-order valence-corrected chi connectivity index (χ3v) is 2.78. The molecule has 0 radical (unpaired) electrons. The Kier molecular flexibility index (Phi) is 4.87. The van der Waals surface area contributed by atoms with E-state index in [0.29, 0.717) is 12.2 Å². The SMILES string of the molecule is C=CCc1ccccc1OC(=O)Oc1ccc([N+](=O)[O-])cc1. The van der Waals surface area contributed by atoms with Gasteiger partial charge in [0.25, 0.3) is 5.69 Å². The fourth-order valence-corrected chi connectivity index (χ4v) is 1.77. The lowest BCUT2D eigenvalue weighted by Gasteiger charge is -2.08. The summed E-state index contributed by atoms with van der Waals surface area (Å²) in [5, 5.41) is 10.5. The van der Waals surface area contributed by atoms with Crippen molar-refractivity contribution in [3.05, 3.63) is 76.9 Å². The molecular weight excluding hydrogens is 286 g/mol. The summed E-state index contributed by atoms with van der Waals surface area (Å²) in [6.07, 6.45) is 1.34. The first-order valence-corrected chi connectivity index (χ1v) is 6.43. The van der Waals surface area contributed by atoms with Gasteiger partial charge in [0.2, 0.25) is 0 Å². The number of nitro groups is 1. The Morgan fingerprint density at radius 2 is 1.82 bits per heavy atom. The minimum atomic E-state index is -0.912. The summed E-state index contributed by atoms with van der Waals surface area (Å²) in [5.41, 5.74) is 0.718. The number of carbonyl (C=O) groups is 1. The number of hydrogen-bond donors (Lipinski definition) is 0. The Morgan fingerprint density at radius 3 is 2.45 bits per heavy atom. The van der Waals surface area contributed by atoms with Gasteiger partial charge in [-0.2, -0.15) is 0 Å². The molecule has 0 saturated carbocycles. The molecule has 6 heteroatoms. The van der Waals surface area contributed by atoms with E-state index in [1.54, 1.807) is 18.2 Å². The quantitative estimate of drug-likeness (QED) is 0.275. The number of para-hydroxylation sites is 1. The van der Waals surface area contributed by atoms with Crippen molar-refractivity contribution in [3.8, 4) is 11.5 Å². The molecule has 0 N–H and O–H groups in total. The topological polar surface area (TPSA) is 78.7 Å². The molecule has 0 fully saturated rings. The van der Waals surface area contributed by atoms with Gasteiger partial charge >= 0.3 is 6.16 Å². The van der Waals surface area contributed by atoms with Crippen molar-refractivity contribution in [2.75, 3.05) is 0 Å². The third kappa shape index (κ3) is 3.92. The summed E-state index contributed by atoms with van der Waals surface area (Å²) >= 11 is 0. The number of carbonyl (C=O) groups excluding carboxylic acids is 1. The minimum Gasteiger partial charge on any atom is -0.395 e. The smallest absolute Gasteiger partial charge is 0.395 e. The van der Waals surface area contributed by atoms with Gasteiger partial charge < -0.3 is 9.47 Å². The van der Waals surface area contributed by atoms with Crippen LogP contribution in [0.25, 0.3) is 0 Å². The zero-order valence-corrected chi connectivity index (χ0v) is 11.6. The molecule has 0 aliphatic heterocycles. The number of allylic oxidation sites excluding steroid dienone is 1. The van der Waals surface area contributed by atoms with Crippen LogP contribution in [0, 0.1) is 10.1 Å². The lowest BCUT2D eigenvalue weighted by atomic mass is 10.1. The summed E-state index contributed by atoms with van der Waals surface area (Å²) in [6, 6.07) is 12.2. The molecule has 0 aliphatic carbocycles. The van der Waals surface area contributed by atoms with Crippen LogP contribution in [0.3, 0.4) is 0 Å². The Labute approximate surface area is 126 Å². The van der Waals surface area contributed by atoms with Crippen molar-refractivity contribution in [3.63, 3.8) is 0 Å². The first kappa shape index (κ1) is 15.2. The molecule has 0 heterocycles. The Morgan fingerprint density at radius 1 is 1.14 bits per heavy atom. The van der Waals surface area contributed by atoms with E-state index in [4.69, 9.17) is 9.47 Å². The lowest BCUT2D eigenvalue weighted by Crippen LogP contribution is -2.14. The molecule has 0 unspecified atom stereocenters. The maximum Gasteiger partial charge on any atom is 0.519 e. The monoisotopic (exact) mass is 299 g/mol. The van der Waals surface area contributed by atoms with Crippen molar-refractivity contribution >= 4 is 11.8 Å². The molecular formula is C16H13NO5. The second kappa shape index (κ2) is 7.03. The predicted molar refractivity (Wildman–Crippen MR) is 80.1 cm³/mol. The van der Waals surface area contributed by atoms with E-state index in [0.717, 1.165) is 5.56 Å². The molecule has 2 rings (SSSR count). The van der Waals surface area contributed by atoms with Crippen LogP contribution in [-0.2, 0) is 6.42 Å². The second-order valence-electron chi connectivity index (χ2n) is 4.31. The van der Waals surface area contributed by atoms with Crippen molar-refractivity contribution < 1.29 is 19.2 Å². The Balaban J connectivity index is 2.04. The van der Waals surface area contributed by atoms with Crippen LogP contribution in [-0.4, -0.2) is 11.1 Å². The molecule has 0 aliphatic rings. The highest BCUT2D eigenvalue weighted by Crippen LogP contribution is 2.21. The summed E-state index contributed by atoms with van der Waals surface area (Å²) in [4.78, 5) is 21.8. The summed E-state index contributed by atoms with van der Waals surface area (Å²) < 4.78 is 10.1. The number of rotatable bonds is 5.